The first kappa shape index (κ1) is 23.6. The zero-order valence-electron chi connectivity index (χ0n) is 20.0. The van der Waals surface area contributed by atoms with E-state index in [1.807, 2.05) is 18.2 Å². The van der Waals surface area contributed by atoms with Crippen molar-refractivity contribution in [3.8, 4) is 5.75 Å². The standard InChI is InChI=1S/C25H29ClN6O3/c1-3-19(33)15-35-22-12-16-11-17(6-7-21(16)30(2)24(22)34)28-23-20(26)13-27-25(29-23)32-10-9-31-8-4-5-18(31)14-32/h6-7,11-13,18H,3-5,8-10,14-15H2,1-2H3,(H,27,28,29). The minimum Gasteiger partial charge on any atom is -0.480 e. The van der Waals surface area contributed by atoms with E-state index in [9.17, 15) is 9.59 Å². The molecule has 3 aromatic rings. The number of hydrogen-bond acceptors (Lipinski definition) is 8. The number of ketones is 1. The van der Waals surface area contributed by atoms with E-state index in [0.717, 1.165) is 36.2 Å². The van der Waals surface area contributed by atoms with Crippen LogP contribution in [-0.2, 0) is 11.8 Å². The number of halogens is 1. The molecule has 0 amide bonds. The molecule has 2 saturated heterocycles. The molecule has 1 unspecified atom stereocenters. The molecule has 4 heterocycles. The van der Waals surface area contributed by atoms with Crippen LogP contribution in [0.1, 0.15) is 26.2 Å². The molecule has 0 saturated carbocycles. The van der Waals surface area contributed by atoms with Crippen molar-refractivity contribution in [2.24, 2.45) is 7.05 Å². The van der Waals surface area contributed by atoms with Gasteiger partial charge in [-0.15, -0.1) is 0 Å². The first-order chi connectivity index (χ1) is 16.9. The number of nitrogens with zero attached hydrogens (tertiary/aromatic N) is 5. The SMILES string of the molecule is CCC(=O)COc1cc2cc(Nc3nc(N4CCN5CCCC5C4)ncc3Cl)ccc2n(C)c1=O. The van der Waals surface area contributed by atoms with Crippen molar-refractivity contribution >= 4 is 45.7 Å². The van der Waals surface area contributed by atoms with Gasteiger partial charge < -0.3 is 19.5 Å². The monoisotopic (exact) mass is 496 g/mol. The zero-order chi connectivity index (χ0) is 24.5. The van der Waals surface area contributed by atoms with E-state index in [1.165, 1.54) is 24.0 Å². The molecule has 0 radical (unpaired) electrons. The van der Waals surface area contributed by atoms with Crippen molar-refractivity contribution in [2.45, 2.75) is 32.2 Å². The Balaban J connectivity index is 1.39. The van der Waals surface area contributed by atoms with Crippen LogP contribution in [0.25, 0.3) is 10.9 Å². The van der Waals surface area contributed by atoms with E-state index < -0.39 is 0 Å². The van der Waals surface area contributed by atoms with Crippen LogP contribution >= 0.6 is 11.6 Å². The maximum atomic E-state index is 12.6. The van der Waals surface area contributed by atoms with Crippen molar-refractivity contribution in [1.29, 1.82) is 0 Å². The van der Waals surface area contributed by atoms with Crippen LogP contribution in [0.5, 0.6) is 5.75 Å². The van der Waals surface area contributed by atoms with Crippen LogP contribution in [0.15, 0.2) is 35.3 Å². The Morgan fingerprint density at radius 2 is 2.11 bits per heavy atom. The molecular formula is C25H29ClN6O3. The average molecular weight is 497 g/mol. The summed E-state index contributed by atoms with van der Waals surface area (Å²) in [5.74, 6) is 1.28. The van der Waals surface area contributed by atoms with E-state index >= 15 is 0 Å². The third-order valence-corrected chi connectivity index (χ3v) is 7.11. The van der Waals surface area contributed by atoms with Gasteiger partial charge in [0.2, 0.25) is 5.95 Å². The number of fused-ring (bicyclic) bond motifs is 2. The zero-order valence-corrected chi connectivity index (χ0v) is 20.7. The van der Waals surface area contributed by atoms with E-state index in [0.29, 0.717) is 29.3 Å². The topological polar surface area (TPSA) is 92.6 Å². The van der Waals surface area contributed by atoms with E-state index in [2.05, 4.69) is 20.1 Å². The Morgan fingerprint density at radius 3 is 2.94 bits per heavy atom. The molecule has 1 aromatic carbocycles. The fourth-order valence-corrected chi connectivity index (χ4v) is 4.94. The number of anilines is 3. The lowest BCUT2D eigenvalue weighted by atomic mass is 10.1. The molecule has 0 aliphatic carbocycles. The van der Waals surface area contributed by atoms with Crippen molar-refractivity contribution < 1.29 is 9.53 Å². The summed E-state index contributed by atoms with van der Waals surface area (Å²) >= 11 is 6.44. The Hall–Kier alpha value is -3.17. The number of ether oxygens (including phenoxy) is 1. The van der Waals surface area contributed by atoms with Gasteiger partial charge in [0.25, 0.3) is 5.56 Å². The highest BCUT2D eigenvalue weighted by Crippen LogP contribution is 2.29. The van der Waals surface area contributed by atoms with Gasteiger partial charge in [-0.2, -0.15) is 4.98 Å². The number of hydrogen-bond donors (Lipinski definition) is 1. The van der Waals surface area contributed by atoms with Crippen molar-refractivity contribution in [1.82, 2.24) is 19.4 Å². The predicted octanol–water partition coefficient (Wildman–Crippen LogP) is 3.37. The van der Waals surface area contributed by atoms with Gasteiger partial charge in [0.15, 0.2) is 17.4 Å². The quantitative estimate of drug-likeness (QED) is 0.532. The highest BCUT2D eigenvalue weighted by atomic mass is 35.5. The van der Waals surface area contributed by atoms with Crippen LogP contribution in [0.3, 0.4) is 0 Å². The number of carbonyl (C=O) groups is 1. The van der Waals surface area contributed by atoms with Crippen LogP contribution < -0.4 is 20.5 Å². The van der Waals surface area contributed by atoms with E-state index in [-0.39, 0.29) is 23.7 Å². The smallest absolute Gasteiger partial charge is 0.293 e. The molecule has 0 spiro atoms. The van der Waals surface area contributed by atoms with Gasteiger partial charge >= 0.3 is 0 Å². The number of Topliss-reactive ketones (excluding diaryl/α,β-unsaturated/α-hetero) is 1. The number of rotatable bonds is 7. The highest BCUT2D eigenvalue weighted by molar-refractivity contribution is 6.32. The first-order valence-corrected chi connectivity index (χ1v) is 12.4. The second kappa shape index (κ2) is 9.83. The van der Waals surface area contributed by atoms with Crippen LogP contribution in [0.2, 0.25) is 5.02 Å². The van der Waals surface area contributed by atoms with E-state index in [4.69, 9.17) is 21.3 Å². The number of nitrogens with one attached hydrogen (secondary N) is 1. The second-order valence-corrected chi connectivity index (χ2v) is 9.50. The molecule has 2 aliphatic rings. The number of aromatic nitrogens is 3. The molecule has 10 heteroatoms. The Kier molecular flexibility index (Phi) is 6.62. The third kappa shape index (κ3) is 4.83. The second-order valence-electron chi connectivity index (χ2n) is 9.10. The Labute approximate surface area is 208 Å². The normalized spacial score (nSPS) is 18.0. The summed E-state index contributed by atoms with van der Waals surface area (Å²) in [6, 6.07) is 7.86. The van der Waals surface area contributed by atoms with Gasteiger partial charge in [-0.05, 0) is 43.7 Å². The number of piperazine rings is 1. The lowest BCUT2D eigenvalue weighted by Crippen LogP contribution is -2.50. The number of carbonyl (C=O) groups excluding carboxylic acids is 1. The molecule has 1 N–H and O–H groups in total. The van der Waals surface area contributed by atoms with Gasteiger partial charge in [0.05, 0.1) is 11.7 Å². The lowest BCUT2D eigenvalue weighted by molar-refractivity contribution is -0.120. The molecule has 5 rings (SSSR count). The summed E-state index contributed by atoms with van der Waals surface area (Å²) in [7, 11) is 1.68. The maximum Gasteiger partial charge on any atom is 0.293 e. The predicted molar refractivity (Wildman–Crippen MR) is 137 cm³/mol. The molecule has 35 heavy (non-hydrogen) atoms. The molecule has 0 bridgehead atoms. The molecule has 184 valence electrons. The summed E-state index contributed by atoms with van der Waals surface area (Å²) in [5.41, 5.74) is 1.23. The summed E-state index contributed by atoms with van der Waals surface area (Å²) in [4.78, 5) is 38.3. The summed E-state index contributed by atoms with van der Waals surface area (Å²) in [6.45, 7) is 5.67. The van der Waals surface area contributed by atoms with Gasteiger partial charge in [-0.3, -0.25) is 14.5 Å². The largest absolute Gasteiger partial charge is 0.480 e. The molecule has 2 aromatic heterocycles. The molecule has 2 aliphatic heterocycles. The summed E-state index contributed by atoms with van der Waals surface area (Å²) < 4.78 is 7.03. The summed E-state index contributed by atoms with van der Waals surface area (Å²) in [6.07, 6.45) is 4.46. The maximum absolute atomic E-state index is 12.6. The fraction of sp³-hybridized carbons (Fsp3) is 0.440. The van der Waals surface area contributed by atoms with Gasteiger partial charge in [-0.1, -0.05) is 18.5 Å². The Bertz CT molecular complexity index is 1330. The molecular weight excluding hydrogens is 468 g/mol. The minimum atomic E-state index is -0.284. The van der Waals surface area contributed by atoms with E-state index in [1.54, 1.807) is 26.2 Å². The third-order valence-electron chi connectivity index (χ3n) is 6.84. The number of aryl methyl sites for hydroxylation is 1. The van der Waals surface area contributed by atoms with Gasteiger partial charge in [0, 0.05) is 50.2 Å². The molecule has 9 nitrogen and oxygen atoms in total. The van der Waals surface area contributed by atoms with Crippen molar-refractivity contribution in [3.05, 3.63) is 45.8 Å². The van der Waals surface area contributed by atoms with Crippen LogP contribution in [0.4, 0.5) is 17.5 Å². The van der Waals surface area contributed by atoms with Crippen molar-refractivity contribution in [3.63, 3.8) is 0 Å². The number of pyridine rings is 1. The van der Waals surface area contributed by atoms with Crippen molar-refractivity contribution in [2.75, 3.05) is 43.0 Å². The van der Waals surface area contributed by atoms with Gasteiger partial charge in [0.1, 0.15) is 11.6 Å². The molecule has 1 atom stereocenters. The van der Waals surface area contributed by atoms with Gasteiger partial charge in [-0.25, -0.2) is 4.98 Å². The number of benzene rings is 1. The first-order valence-electron chi connectivity index (χ1n) is 12.0. The highest BCUT2D eigenvalue weighted by Gasteiger charge is 2.31. The van der Waals surface area contributed by atoms with Crippen LogP contribution in [0, 0.1) is 0 Å². The Morgan fingerprint density at radius 1 is 1.26 bits per heavy atom. The van der Waals surface area contributed by atoms with Crippen LogP contribution in [-0.4, -0.2) is 64.0 Å². The summed E-state index contributed by atoms with van der Waals surface area (Å²) in [5, 5.41) is 4.52. The molecule has 2 fully saturated rings. The lowest BCUT2D eigenvalue weighted by Gasteiger charge is -2.37. The fourth-order valence-electron chi connectivity index (χ4n) is 4.80. The average Bonchev–Trinajstić information content (AvgIpc) is 3.34. The minimum absolute atomic E-state index is 0.0638.